The van der Waals surface area contributed by atoms with E-state index in [0.29, 0.717) is 22.8 Å². The molecule has 0 saturated carbocycles. The van der Waals surface area contributed by atoms with Crippen LogP contribution in [0.1, 0.15) is 27.2 Å². The molecule has 0 bridgehead atoms. The fourth-order valence-electron chi connectivity index (χ4n) is 3.07. The van der Waals surface area contributed by atoms with Crippen molar-refractivity contribution in [2.75, 3.05) is 21.3 Å². The maximum Gasteiger partial charge on any atom is 0.357 e. The van der Waals surface area contributed by atoms with E-state index in [2.05, 4.69) is 5.10 Å². The first-order chi connectivity index (χ1) is 15.4. The molecular weight excluding hydrogens is 414 g/mol. The van der Waals surface area contributed by atoms with Crippen LogP contribution < -0.4 is 19.8 Å². The van der Waals surface area contributed by atoms with Crippen molar-refractivity contribution >= 4 is 18.1 Å². The fourth-order valence-corrected chi connectivity index (χ4v) is 3.07. The average molecular weight is 433 g/mol. The number of nitriles is 1. The molecular formula is C23H19N3O6. The van der Waals surface area contributed by atoms with Crippen LogP contribution in [0.2, 0.25) is 0 Å². The summed E-state index contributed by atoms with van der Waals surface area (Å²) >= 11 is 0. The first-order valence-electron chi connectivity index (χ1n) is 9.29. The van der Waals surface area contributed by atoms with Crippen LogP contribution in [0.4, 0.5) is 0 Å². The molecule has 0 fully saturated rings. The van der Waals surface area contributed by atoms with Gasteiger partial charge in [-0.25, -0.2) is 4.79 Å². The van der Waals surface area contributed by atoms with E-state index in [-0.39, 0.29) is 16.8 Å². The molecule has 0 atom stereocenters. The predicted molar refractivity (Wildman–Crippen MR) is 117 cm³/mol. The number of ether oxygens (including phenoxy) is 3. The highest BCUT2D eigenvalue weighted by molar-refractivity contribution is 5.92. The van der Waals surface area contributed by atoms with Crippen LogP contribution >= 0.6 is 0 Å². The highest BCUT2D eigenvalue weighted by Gasteiger charge is 2.22. The molecule has 1 N–H and O–H groups in total. The second kappa shape index (κ2) is 9.49. The summed E-state index contributed by atoms with van der Waals surface area (Å²) in [5, 5.41) is 23.4. The average Bonchev–Trinajstić information content (AvgIpc) is 2.82. The molecule has 0 aliphatic rings. The number of para-hydroxylation sites is 2. The Labute approximate surface area is 183 Å². The van der Waals surface area contributed by atoms with E-state index in [1.807, 2.05) is 6.07 Å². The standard InChI is InChI=1S/C23H19N3O6/c1-30-18-7-5-4-6-17(18)26-22(27)16(13-24)15(21(25-26)23(28)29)10-8-14-9-11-19(31-2)20(12-14)32-3/h4-12H,1-3H3,(H,28,29)/b10-8-. The molecule has 0 aliphatic heterocycles. The largest absolute Gasteiger partial charge is 0.494 e. The Hall–Kier alpha value is -4.58. The van der Waals surface area contributed by atoms with Gasteiger partial charge in [0.05, 0.1) is 21.3 Å². The summed E-state index contributed by atoms with van der Waals surface area (Å²) in [4.78, 5) is 25.0. The molecule has 0 radical (unpaired) electrons. The number of carboxylic acid groups (broad SMARTS) is 1. The van der Waals surface area contributed by atoms with Crippen molar-refractivity contribution in [3.63, 3.8) is 0 Å². The number of benzene rings is 2. The SMILES string of the molecule is COc1ccc(/C=C\c2c(C(=O)O)nn(-c3ccccc3OC)c(=O)c2C#N)cc1OC. The summed E-state index contributed by atoms with van der Waals surface area (Å²) in [5.41, 5.74) is -0.838. The quantitative estimate of drug-likeness (QED) is 0.603. The van der Waals surface area contributed by atoms with Gasteiger partial charge in [0.1, 0.15) is 23.1 Å². The van der Waals surface area contributed by atoms with Crippen molar-refractivity contribution in [2.24, 2.45) is 0 Å². The molecule has 32 heavy (non-hydrogen) atoms. The molecule has 0 spiro atoms. The lowest BCUT2D eigenvalue weighted by molar-refractivity contribution is 0.0688. The lowest BCUT2D eigenvalue weighted by atomic mass is 10.1. The number of nitrogens with zero attached hydrogens (tertiary/aromatic N) is 3. The molecule has 0 amide bonds. The van der Waals surface area contributed by atoms with E-state index in [1.54, 1.807) is 48.5 Å². The Bertz CT molecular complexity index is 1300. The highest BCUT2D eigenvalue weighted by atomic mass is 16.5. The van der Waals surface area contributed by atoms with E-state index in [1.165, 1.54) is 27.4 Å². The highest BCUT2D eigenvalue weighted by Crippen LogP contribution is 2.28. The van der Waals surface area contributed by atoms with Crippen LogP contribution in [0.25, 0.3) is 17.8 Å². The number of carboxylic acids is 1. The number of rotatable bonds is 7. The summed E-state index contributed by atoms with van der Waals surface area (Å²) in [5.74, 6) is -0.0963. The molecule has 0 aliphatic carbocycles. The van der Waals surface area contributed by atoms with Crippen molar-refractivity contribution in [1.82, 2.24) is 9.78 Å². The smallest absolute Gasteiger partial charge is 0.357 e. The molecule has 2 aromatic carbocycles. The Balaban J connectivity index is 2.20. The normalized spacial score (nSPS) is 10.6. The molecule has 1 aromatic heterocycles. The second-order valence-electron chi connectivity index (χ2n) is 6.39. The van der Waals surface area contributed by atoms with Crippen LogP contribution in [0, 0.1) is 11.3 Å². The maximum absolute atomic E-state index is 13.0. The van der Waals surface area contributed by atoms with Crippen molar-refractivity contribution in [3.05, 3.63) is 75.2 Å². The topological polar surface area (TPSA) is 124 Å². The molecule has 0 saturated heterocycles. The Morgan fingerprint density at radius 1 is 1.03 bits per heavy atom. The molecule has 162 valence electrons. The summed E-state index contributed by atoms with van der Waals surface area (Å²) in [6.07, 6.45) is 2.92. The van der Waals surface area contributed by atoms with Gasteiger partial charge in [-0.3, -0.25) is 4.79 Å². The van der Waals surface area contributed by atoms with Crippen LogP contribution in [0.3, 0.4) is 0 Å². The number of aromatic carboxylic acids is 1. The number of aromatic nitrogens is 2. The zero-order chi connectivity index (χ0) is 23.3. The third-order valence-electron chi connectivity index (χ3n) is 4.61. The number of carbonyl (C=O) groups is 1. The Morgan fingerprint density at radius 2 is 1.72 bits per heavy atom. The molecule has 9 heteroatoms. The van der Waals surface area contributed by atoms with Gasteiger partial charge in [0.25, 0.3) is 5.56 Å². The number of hydrogen-bond donors (Lipinski definition) is 1. The molecule has 3 rings (SSSR count). The number of hydrogen-bond acceptors (Lipinski definition) is 7. The maximum atomic E-state index is 13.0. The summed E-state index contributed by atoms with van der Waals surface area (Å²) < 4.78 is 16.5. The van der Waals surface area contributed by atoms with E-state index in [4.69, 9.17) is 14.2 Å². The van der Waals surface area contributed by atoms with Crippen molar-refractivity contribution in [2.45, 2.75) is 0 Å². The van der Waals surface area contributed by atoms with Crippen molar-refractivity contribution in [3.8, 4) is 29.0 Å². The van der Waals surface area contributed by atoms with Gasteiger partial charge in [0.15, 0.2) is 17.2 Å². The monoisotopic (exact) mass is 433 g/mol. The Kier molecular flexibility index (Phi) is 6.56. The third kappa shape index (κ3) is 4.15. The predicted octanol–water partition coefficient (Wildman–Crippen LogP) is 3.00. The summed E-state index contributed by atoms with van der Waals surface area (Å²) in [6.45, 7) is 0. The zero-order valence-corrected chi connectivity index (χ0v) is 17.5. The van der Waals surface area contributed by atoms with E-state index >= 15 is 0 Å². The minimum Gasteiger partial charge on any atom is -0.494 e. The van der Waals surface area contributed by atoms with Crippen molar-refractivity contribution in [1.29, 1.82) is 5.26 Å². The van der Waals surface area contributed by atoms with E-state index < -0.39 is 17.2 Å². The molecule has 1 heterocycles. The first-order valence-corrected chi connectivity index (χ1v) is 9.29. The molecule has 3 aromatic rings. The van der Waals surface area contributed by atoms with Gasteiger partial charge in [-0.15, -0.1) is 0 Å². The lowest BCUT2D eigenvalue weighted by Gasteiger charge is -2.12. The third-order valence-corrected chi connectivity index (χ3v) is 4.61. The minimum atomic E-state index is -1.39. The van der Waals surface area contributed by atoms with Gasteiger partial charge in [-0.2, -0.15) is 15.0 Å². The van der Waals surface area contributed by atoms with Crippen molar-refractivity contribution < 1.29 is 24.1 Å². The van der Waals surface area contributed by atoms with Crippen LogP contribution in [-0.2, 0) is 0 Å². The van der Waals surface area contributed by atoms with Crippen LogP contribution in [0.15, 0.2) is 47.3 Å². The number of methoxy groups -OCH3 is 3. The Morgan fingerprint density at radius 3 is 2.34 bits per heavy atom. The van der Waals surface area contributed by atoms with Gasteiger partial charge in [0, 0.05) is 5.56 Å². The van der Waals surface area contributed by atoms with Crippen LogP contribution in [-0.4, -0.2) is 42.2 Å². The fraction of sp³-hybridized carbons (Fsp3) is 0.130. The second-order valence-corrected chi connectivity index (χ2v) is 6.39. The summed E-state index contributed by atoms with van der Waals surface area (Å²) in [6, 6.07) is 13.4. The molecule has 9 nitrogen and oxygen atoms in total. The first kappa shape index (κ1) is 22.1. The van der Waals surface area contributed by atoms with Gasteiger partial charge in [0.2, 0.25) is 0 Å². The van der Waals surface area contributed by atoms with Crippen LogP contribution in [0.5, 0.6) is 17.2 Å². The van der Waals surface area contributed by atoms with Gasteiger partial charge >= 0.3 is 5.97 Å². The minimum absolute atomic E-state index is 0.106. The van der Waals surface area contributed by atoms with E-state index in [9.17, 15) is 20.0 Å². The van der Waals surface area contributed by atoms with E-state index in [0.717, 1.165) is 4.68 Å². The summed E-state index contributed by atoms with van der Waals surface area (Å²) in [7, 11) is 4.41. The van der Waals surface area contributed by atoms with Gasteiger partial charge in [-0.05, 0) is 29.8 Å². The van der Waals surface area contributed by atoms with Gasteiger partial charge < -0.3 is 19.3 Å². The lowest BCUT2D eigenvalue weighted by Crippen LogP contribution is -2.28. The zero-order valence-electron chi connectivity index (χ0n) is 17.5. The molecule has 0 unspecified atom stereocenters. The van der Waals surface area contributed by atoms with Gasteiger partial charge in [-0.1, -0.05) is 30.4 Å².